The first kappa shape index (κ1) is 23.4. The van der Waals surface area contributed by atoms with E-state index in [1.807, 2.05) is 50.2 Å². The summed E-state index contributed by atoms with van der Waals surface area (Å²) in [6.07, 6.45) is 3.83. The highest BCUT2D eigenvalue weighted by molar-refractivity contribution is 5.97. The molecule has 2 saturated heterocycles. The van der Waals surface area contributed by atoms with E-state index in [-0.39, 0.29) is 17.9 Å². The molecule has 5 rings (SSSR count). The Morgan fingerprint density at radius 1 is 0.943 bits per heavy atom. The van der Waals surface area contributed by atoms with E-state index in [0.29, 0.717) is 17.4 Å². The number of carbonyl (C=O) groups is 2. The molecule has 2 aliphatic heterocycles. The smallest absolute Gasteiger partial charge is 0.255 e. The highest BCUT2D eigenvalue weighted by atomic mass is 16.3. The van der Waals surface area contributed by atoms with Crippen LogP contribution in [0.15, 0.2) is 71.5 Å². The molecule has 3 aromatic rings. The zero-order chi connectivity index (χ0) is 24.4. The van der Waals surface area contributed by atoms with Gasteiger partial charge in [-0.2, -0.15) is 0 Å². The number of fused-ring (bicyclic) bond motifs is 1. The van der Waals surface area contributed by atoms with Crippen molar-refractivity contribution < 1.29 is 14.0 Å². The van der Waals surface area contributed by atoms with Crippen LogP contribution in [0.25, 0.3) is 0 Å². The second kappa shape index (κ2) is 10.1. The lowest BCUT2D eigenvalue weighted by Gasteiger charge is -2.25. The van der Waals surface area contributed by atoms with Crippen molar-refractivity contribution in [3.8, 4) is 0 Å². The fraction of sp³-hybridized carbons (Fsp3) is 0.379. The molecule has 0 radical (unpaired) electrons. The number of furan rings is 1. The van der Waals surface area contributed by atoms with Gasteiger partial charge in [0.1, 0.15) is 6.26 Å². The summed E-state index contributed by atoms with van der Waals surface area (Å²) >= 11 is 0. The first-order valence-electron chi connectivity index (χ1n) is 12.5. The van der Waals surface area contributed by atoms with E-state index in [9.17, 15) is 9.59 Å². The lowest BCUT2D eigenvalue weighted by atomic mass is 10.0. The second-order valence-corrected chi connectivity index (χ2v) is 9.99. The Balaban J connectivity index is 1.18. The molecule has 3 atom stereocenters. The normalized spacial score (nSPS) is 20.6. The number of benzene rings is 2. The van der Waals surface area contributed by atoms with Gasteiger partial charge in [0.25, 0.3) is 11.8 Å². The van der Waals surface area contributed by atoms with Gasteiger partial charge in [-0.1, -0.05) is 48.5 Å². The SMILES string of the molecule is Cc1cccc(C)c1C(=O)N1CC2CN(CCC(NC(=O)c3ccoc3)c3ccccc3)C[C@H]2C1. The van der Waals surface area contributed by atoms with Gasteiger partial charge >= 0.3 is 0 Å². The molecule has 0 spiro atoms. The van der Waals surface area contributed by atoms with Gasteiger partial charge in [0.05, 0.1) is 17.9 Å². The van der Waals surface area contributed by atoms with E-state index in [2.05, 4.69) is 27.2 Å². The maximum atomic E-state index is 13.2. The third-order valence-electron chi connectivity index (χ3n) is 7.57. The van der Waals surface area contributed by atoms with Crippen LogP contribution >= 0.6 is 0 Å². The summed E-state index contributed by atoms with van der Waals surface area (Å²) < 4.78 is 5.08. The number of hydrogen-bond donors (Lipinski definition) is 1. The van der Waals surface area contributed by atoms with Crippen molar-refractivity contribution in [2.45, 2.75) is 26.3 Å². The van der Waals surface area contributed by atoms with Gasteiger partial charge < -0.3 is 19.5 Å². The number of amides is 2. The average Bonchev–Trinajstić information content (AvgIpc) is 3.59. The average molecular weight is 472 g/mol. The molecule has 6 heteroatoms. The van der Waals surface area contributed by atoms with Crippen LogP contribution in [-0.2, 0) is 0 Å². The number of hydrogen-bond acceptors (Lipinski definition) is 4. The zero-order valence-corrected chi connectivity index (χ0v) is 20.4. The van der Waals surface area contributed by atoms with E-state index >= 15 is 0 Å². The van der Waals surface area contributed by atoms with Crippen molar-refractivity contribution in [2.24, 2.45) is 11.8 Å². The zero-order valence-electron chi connectivity index (χ0n) is 20.4. The highest BCUT2D eigenvalue weighted by Gasteiger charge is 2.42. The molecular weight excluding hydrogens is 438 g/mol. The van der Waals surface area contributed by atoms with E-state index in [1.54, 1.807) is 6.07 Å². The van der Waals surface area contributed by atoms with E-state index < -0.39 is 0 Å². The Morgan fingerprint density at radius 2 is 1.63 bits per heavy atom. The maximum absolute atomic E-state index is 13.2. The summed E-state index contributed by atoms with van der Waals surface area (Å²) in [5, 5.41) is 3.18. The summed E-state index contributed by atoms with van der Waals surface area (Å²) in [4.78, 5) is 30.5. The van der Waals surface area contributed by atoms with Crippen LogP contribution in [0.5, 0.6) is 0 Å². The second-order valence-electron chi connectivity index (χ2n) is 9.99. The Kier molecular flexibility index (Phi) is 6.73. The van der Waals surface area contributed by atoms with Crippen LogP contribution in [0, 0.1) is 25.7 Å². The molecule has 6 nitrogen and oxygen atoms in total. The lowest BCUT2D eigenvalue weighted by molar-refractivity contribution is 0.0772. The minimum Gasteiger partial charge on any atom is -0.472 e. The summed E-state index contributed by atoms with van der Waals surface area (Å²) in [5.74, 6) is 1.08. The Hall–Kier alpha value is -3.38. The summed E-state index contributed by atoms with van der Waals surface area (Å²) in [6.45, 7) is 8.60. The summed E-state index contributed by atoms with van der Waals surface area (Å²) in [7, 11) is 0. The quantitative estimate of drug-likeness (QED) is 0.553. The van der Waals surface area contributed by atoms with Crippen LogP contribution in [0.2, 0.25) is 0 Å². The van der Waals surface area contributed by atoms with Crippen LogP contribution in [0.4, 0.5) is 0 Å². The van der Waals surface area contributed by atoms with Crippen molar-refractivity contribution in [3.63, 3.8) is 0 Å². The van der Waals surface area contributed by atoms with Crippen LogP contribution < -0.4 is 5.32 Å². The van der Waals surface area contributed by atoms with Crippen molar-refractivity contribution in [2.75, 3.05) is 32.7 Å². The molecule has 182 valence electrons. The number of likely N-dealkylation sites (tertiary alicyclic amines) is 2. The molecule has 3 heterocycles. The predicted octanol–water partition coefficient (Wildman–Crippen LogP) is 4.46. The topological polar surface area (TPSA) is 65.8 Å². The van der Waals surface area contributed by atoms with Crippen molar-refractivity contribution in [1.82, 2.24) is 15.1 Å². The molecule has 2 amide bonds. The molecule has 1 N–H and O–H groups in total. The van der Waals surface area contributed by atoms with Gasteiger partial charge in [-0.15, -0.1) is 0 Å². The molecule has 2 fully saturated rings. The first-order chi connectivity index (χ1) is 17.0. The molecular formula is C29H33N3O3. The summed E-state index contributed by atoms with van der Waals surface area (Å²) in [5.41, 5.74) is 4.61. The number of nitrogens with one attached hydrogen (secondary N) is 1. The van der Waals surface area contributed by atoms with Crippen molar-refractivity contribution in [3.05, 3.63) is 94.9 Å². The Morgan fingerprint density at radius 3 is 2.26 bits per heavy atom. The van der Waals surface area contributed by atoms with E-state index in [1.165, 1.54) is 12.5 Å². The molecule has 2 aromatic carbocycles. The van der Waals surface area contributed by atoms with E-state index in [4.69, 9.17) is 4.42 Å². The first-order valence-corrected chi connectivity index (χ1v) is 12.5. The fourth-order valence-corrected chi connectivity index (χ4v) is 5.70. The minimum atomic E-state index is -0.119. The van der Waals surface area contributed by atoms with Gasteiger partial charge in [-0.3, -0.25) is 9.59 Å². The van der Waals surface area contributed by atoms with Gasteiger partial charge in [-0.05, 0) is 54.9 Å². The van der Waals surface area contributed by atoms with Crippen molar-refractivity contribution in [1.29, 1.82) is 0 Å². The lowest BCUT2D eigenvalue weighted by Crippen LogP contribution is -2.35. The largest absolute Gasteiger partial charge is 0.472 e. The molecule has 0 bridgehead atoms. The van der Waals surface area contributed by atoms with Gasteiger partial charge in [0, 0.05) is 38.3 Å². The summed E-state index contributed by atoms with van der Waals surface area (Å²) in [6, 6.07) is 17.8. The maximum Gasteiger partial charge on any atom is 0.255 e. The molecule has 1 aromatic heterocycles. The van der Waals surface area contributed by atoms with Crippen LogP contribution in [0.3, 0.4) is 0 Å². The monoisotopic (exact) mass is 471 g/mol. The number of aryl methyl sites for hydroxylation is 2. The molecule has 2 unspecified atom stereocenters. The Labute approximate surface area is 206 Å². The minimum absolute atomic E-state index is 0.0684. The van der Waals surface area contributed by atoms with Gasteiger partial charge in [-0.25, -0.2) is 0 Å². The third kappa shape index (κ3) is 5.03. The molecule has 2 aliphatic rings. The van der Waals surface area contributed by atoms with E-state index in [0.717, 1.165) is 61.4 Å². The third-order valence-corrected chi connectivity index (χ3v) is 7.57. The van der Waals surface area contributed by atoms with Crippen molar-refractivity contribution >= 4 is 11.8 Å². The van der Waals surface area contributed by atoms with Gasteiger partial charge in [0.2, 0.25) is 0 Å². The number of carbonyl (C=O) groups excluding carboxylic acids is 2. The molecule has 0 saturated carbocycles. The highest BCUT2D eigenvalue weighted by Crippen LogP contribution is 2.33. The van der Waals surface area contributed by atoms with Gasteiger partial charge in [0.15, 0.2) is 0 Å². The van der Waals surface area contributed by atoms with Crippen LogP contribution in [-0.4, -0.2) is 54.3 Å². The molecule has 0 aliphatic carbocycles. The van der Waals surface area contributed by atoms with Crippen LogP contribution in [0.1, 0.15) is 49.9 Å². The predicted molar refractivity (Wildman–Crippen MR) is 135 cm³/mol. The number of rotatable bonds is 7. The fourth-order valence-electron chi connectivity index (χ4n) is 5.70. The number of nitrogens with zero attached hydrogens (tertiary/aromatic N) is 2. The molecule has 35 heavy (non-hydrogen) atoms. The Bertz CT molecular complexity index is 1140. The standard InChI is InChI=1S/C29H33N3O3/c1-20-7-6-8-21(2)27(20)29(34)32-17-24-15-31(16-25(24)18-32)13-11-26(22-9-4-3-5-10-22)30-28(33)23-12-14-35-19-23/h3-10,12,14,19,24-26H,11,13,15-18H2,1-2H3,(H,30,33)/t24-,25?,26?/m0/s1.